The highest BCUT2D eigenvalue weighted by atomic mass is 19.1. The molecule has 3 heteroatoms. The summed E-state index contributed by atoms with van der Waals surface area (Å²) >= 11 is 0. The highest BCUT2D eigenvalue weighted by molar-refractivity contribution is 5.23. The maximum Gasteiger partial charge on any atom is 0.123 e. The van der Waals surface area contributed by atoms with E-state index in [0.717, 1.165) is 19.3 Å². The Morgan fingerprint density at radius 2 is 1.89 bits per heavy atom. The molecule has 1 aromatic rings. The van der Waals surface area contributed by atoms with Crippen LogP contribution in [0.5, 0.6) is 0 Å². The molecule has 2 N–H and O–H groups in total. The lowest BCUT2D eigenvalue weighted by Gasteiger charge is -2.39. The smallest absolute Gasteiger partial charge is 0.123 e. The third-order valence-electron chi connectivity index (χ3n) is 4.17. The Labute approximate surface area is 115 Å². The van der Waals surface area contributed by atoms with Crippen molar-refractivity contribution in [1.29, 1.82) is 0 Å². The van der Waals surface area contributed by atoms with Crippen LogP contribution in [0.1, 0.15) is 44.6 Å². The van der Waals surface area contributed by atoms with E-state index in [1.165, 1.54) is 5.56 Å². The summed E-state index contributed by atoms with van der Waals surface area (Å²) < 4.78 is 12.9. The zero-order valence-corrected chi connectivity index (χ0v) is 11.8. The molecule has 1 aliphatic rings. The van der Waals surface area contributed by atoms with E-state index in [2.05, 4.69) is 19.2 Å². The third kappa shape index (κ3) is 3.77. The van der Waals surface area contributed by atoms with Gasteiger partial charge in [0, 0.05) is 18.7 Å². The van der Waals surface area contributed by atoms with Crippen molar-refractivity contribution in [3.63, 3.8) is 0 Å². The first-order valence-corrected chi connectivity index (χ1v) is 7.22. The molecule has 0 aliphatic heterocycles. The number of aliphatic hydroxyl groups is 1. The minimum Gasteiger partial charge on any atom is -0.396 e. The second-order valence-corrected chi connectivity index (χ2v) is 5.95. The normalized spacial score (nSPS) is 24.3. The number of hydrogen-bond donors (Lipinski definition) is 2. The molecule has 2 rings (SSSR count). The third-order valence-corrected chi connectivity index (χ3v) is 4.17. The van der Waals surface area contributed by atoms with Crippen LogP contribution in [0, 0.1) is 11.7 Å². The van der Waals surface area contributed by atoms with Crippen LogP contribution in [0.4, 0.5) is 4.39 Å². The van der Waals surface area contributed by atoms with Crippen LogP contribution in [0.15, 0.2) is 24.3 Å². The summed E-state index contributed by atoms with van der Waals surface area (Å²) in [6, 6.07) is 7.80. The van der Waals surface area contributed by atoms with Crippen LogP contribution < -0.4 is 5.32 Å². The molecular weight excluding hydrogens is 241 g/mol. The molecule has 0 bridgehead atoms. The van der Waals surface area contributed by atoms with Gasteiger partial charge < -0.3 is 10.4 Å². The Bertz CT molecular complexity index is 384. The zero-order valence-electron chi connectivity index (χ0n) is 11.8. The second-order valence-electron chi connectivity index (χ2n) is 5.95. The van der Waals surface area contributed by atoms with E-state index in [9.17, 15) is 4.39 Å². The highest BCUT2D eigenvalue weighted by Gasteiger charge is 2.32. The Hall–Kier alpha value is -0.930. The van der Waals surface area contributed by atoms with Crippen molar-refractivity contribution in [3.05, 3.63) is 35.6 Å². The van der Waals surface area contributed by atoms with Crippen molar-refractivity contribution >= 4 is 0 Å². The quantitative estimate of drug-likeness (QED) is 0.828. The van der Waals surface area contributed by atoms with Gasteiger partial charge in [-0.3, -0.25) is 0 Å². The molecule has 19 heavy (non-hydrogen) atoms. The molecule has 1 atom stereocenters. The molecule has 1 fully saturated rings. The molecule has 1 aromatic carbocycles. The summed E-state index contributed by atoms with van der Waals surface area (Å²) in [5.74, 6) is 0.928. The monoisotopic (exact) mass is 265 g/mol. The molecule has 106 valence electrons. The van der Waals surface area contributed by atoms with E-state index < -0.39 is 0 Å². The van der Waals surface area contributed by atoms with E-state index in [1.807, 2.05) is 12.1 Å². The van der Waals surface area contributed by atoms with Crippen molar-refractivity contribution in [1.82, 2.24) is 5.32 Å². The molecular formula is C16H24FNO. The first-order valence-electron chi connectivity index (χ1n) is 7.22. The molecule has 0 heterocycles. The fraction of sp³-hybridized carbons (Fsp3) is 0.625. The van der Waals surface area contributed by atoms with Crippen molar-refractivity contribution in [2.24, 2.45) is 5.92 Å². The van der Waals surface area contributed by atoms with Crippen LogP contribution >= 0.6 is 0 Å². The molecule has 1 aliphatic carbocycles. The lowest BCUT2D eigenvalue weighted by molar-refractivity contribution is 0.199. The summed E-state index contributed by atoms with van der Waals surface area (Å²) in [6.45, 7) is 4.61. The van der Waals surface area contributed by atoms with E-state index >= 15 is 0 Å². The Morgan fingerprint density at radius 1 is 1.26 bits per heavy atom. The SMILES string of the molecule is CC(C)C(CCO)NC1CC(c2ccc(F)cc2)C1. The van der Waals surface area contributed by atoms with Gasteiger partial charge in [-0.15, -0.1) is 0 Å². The molecule has 1 saturated carbocycles. The fourth-order valence-electron chi connectivity index (χ4n) is 2.81. The number of benzene rings is 1. The molecule has 2 nitrogen and oxygen atoms in total. The minimum atomic E-state index is -0.166. The highest BCUT2D eigenvalue weighted by Crippen LogP contribution is 2.37. The van der Waals surface area contributed by atoms with Gasteiger partial charge in [0.1, 0.15) is 5.82 Å². The van der Waals surface area contributed by atoms with Crippen LogP contribution in [0.25, 0.3) is 0 Å². The summed E-state index contributed by atoms with van der Waals surface area (Å²) in [4.78, 5) is 0. The van der Waals surface area contributed by atoms with Gasteiger partial charge in [-0.2, -0.15) is 0 Å². The standard InChI is InChI=1S/C16H24FNO/c1-11(2)16(7-8-19)18-15-9-13(10-15)12-3-5-14(17)6-4-12/h3-6,11,13,15-16,18-19H,7-10H2,1-2H3. The van der Waals surface area contributed by atoms with E-state index in [1.54, 1.807) is 12.1 Å². The maximum atomic E-state index is 12.9. The topological polar surface area (TPSA) is 32.3 Å². The number of halogens is 1. The van der Waals surface area contributed by atoms with Gasteiger partial charge >= 0.3 is 0 Å². The predicted molar refractivity (Wildman–Crippen MR) is 75.6 cm³/mol. The lowest BCUT2D eigenvalue weighted by Crippen LogP contribution is -2.47. The van der Waals surface area contributed by atoms with Crippen LogP contribution in [-0.2, 0) is 0 Å². The number of aliphatic hydroxyl groups excluding tert-OH is 1. The van der Waals surface area contributed by atoms with Gasteiger partial charge in [-0.1, -0.05) is 26.0 Å². The van der Waals surface area contributed by atoms with Crippen LogP contribution in [0.3, 0.4) is 0 Å². The van der Waals surface area contributed by atoms with E-state index in [4.69, 9.17) is 5.11 Å². The van der Waals surface area contributed by atoms with Crippen molar-refractivity contribution in [2.75, 3.05) is 6.61 Å². The van der Waals surface area contributed by atoms with Gasteiger partial charge in [0.15, 0.2) is 0 Å². The largest absolute Gasteiger partial charge is 0.396 e. The Morgan fingerprint density at radius 3 is 2.42 bits per heavy atom. The summed E-state index contributed by atoms with van der Waals surface area (Å²) in [5, 5.41) is 12.7. The van der Waals surface area contributed by atoms with Crippen molar-refractivity contribution in [2.45, 2.75) is 51.1 Å². The van der Waals surface area contributed by atoms with Crippen molar-refractivity contribution < 1.29 is 9.50 Å². The summed E-state index contributed by atoms with van der Waals surface area (Å²) in [6.07, 6.45) is 3.04. The molecule has 0 amide bonds. The van der Waals surface area contributed by atoms with Crippen molar-refractivity contribution in [3.8, 4) is 0 Å². The average Bonchev–Trinajstić information content (AvgIpc) is 2.33. The van der Waals surface area contributed by atoms with Crippen LogP contribution in [-0.4, -0.2) is 23.8 Å². The maximum absolute atomic E-state index is 12.9. The van der Waals surface area contributed by atoms with Gasteiger partial charge in [-0.25, -0.2) is 4.39 Å². The van der Waals surface area contributed by atoms with Gasteiger partial charge in [0.2, 0.25) is 0 Å². The zero-order chi connectivity index (χ0) is 13.8. The molecule has 1 unspecified atom stereocenters. The van der Waals surface area contributed by atoms with Gasteiger partial charge in [0.25, 0.3) is 0 Å². The summed E-state index contributed by atoms with van der Waals surface area (Å²) in [7, 11) is 0. The molecule has 0 saturated heterocycles. The van der Waals surface area contributed by atoms with E-state index in [0.29, 0.717) is 23.9 Å². The average molecular weight is 265 g/mol. The summed E-state index contributed by atoms with van der Waals surface area (Å²) in [5.41, 5.74) is 1.24. The fourth-order valence-corrected chi connectivity index (χ4v) is 2.81. The molecule has 0 spiro atoms. The second kappa shape index (κ2) is 6.49. The minimum absolute atomic E-state index is 0.166. The predicted octanol–water partition coefficient (Wildman–Crippen LogP) is 3.07. The molecule has 0 aromatic heterocycles. The number of rotatable bonds is 6. The first-order chi connectivity index (χ1) is 9.10. The first kappa shape index (κ1) is 14.5. The molecule has 0 radical (unpaired) electrons. The lowest BCUT2D eigenvalue weighted by atomic mass is 9.75. The number of nitrogens with one attached hydrogen (secondary N) is 1. The van der Waals surface area contributed by atoms with Crippen LogP contribution in [0.2, 0.25) is 0 Å². The van der Waals surface area contributed by atoms with Gasteiger partial charge in [0.05, 0.1) is 0 Å². The van der Waals surface area contributed by atoms with E-state index in [-0.39, 0.29) is 12.4 Å². The Balaban J connectivity index is 1.80. The van der Waals surface area contributed by atoms with Gasteiger partial charge in [-0.05, 0) is 48.8 Å². The Kier molecular flexibility index (Phi) is 4.94. The number of hydrogen-bond acceptors (Lipinski definition) is 2.